The third-order valence-electron chi connectivity index (χ3n) is 5.23. The molecule has 0 saturated carbocycles. The average Bonchev–Trinajstić information content (AvgIpc) is 2.72. The number of nitrogens with zero attached hydrogens (tertiary/aromatic N) is 2. The molecule has 0 atom stereocenters. The molecule has 1 aliphatic rings. The van der Waals surface area contributed by atoms with Crippen LogP contribution in [0, 0.1) is 6.92 Å². The van der Waals surface area contributed by atoms with E-state index in [1.165, 1.54) is 37.9 Å². The standard InChI is InChI=1S/C23H25N3O/c1-17-23(27)25-22(19-8-4-2-5-9-19)21(24-17)20-12-10-18(11-13-20)16-26-14-6-3-7-15-26/h2,4-5,8-13H,3,6-7,14-16H2,1H3,(H,25,27). The normalized spacial score (nSPS) is 15.0. The Bertz CT molecular complexity index is 955. The lowest BCUT2D eigenvalue weighted by Crippen LogP contribution is -2.29. The molecule has 0 amide bonds. The lowest BCUT2D eigenvalue weighted by Gasteiger charge is -2.26. The zero-order valence-electron chi connectivity index (χ0n) is 15.7. The summed E-state index contributed by atoms with van der Waals surface area (Å²) in [4.78, 5) is 22.3. The van der Waals surface area contributed by atoms with Crippen LogP contribution < -0.4 is 5.56 Å². The number of aromatic nitrogens is 2. The summed E-state index contributed by atoms with van der Waals surface area (Å²) in [6, 6.07) is 18.5. The van der Waals surface area contributed by atoms with Crippen LogP contribution >= 0.6 is 0 Å². The van der Waals surface area contributed by atoms with Crippen LogP contribution in [-0.4, -0.2) is 28.0 Å². The van der Waals surface area contributed by atoms with Crippen molar-refractivity contribution in [3.05, 3.63) is 76.2 Å². The number of piperidine rings is 1. The SMILES string of the molecule is Cc1nc(-c2ccc(CN3CCCCC3)cc2)c(-c2ccccc2)[nH]c1=O. The van der Waals surface area contributed by atoms with E-state index in [9.17, 15) is 4.79 Å². The Kier molecular flexibility index (Phi) is 5.16. The Morgan fingerprint density at radius 3 is 2.33 bits per heavy atom. The Morgan fingerprint density at radius 2 is 1.63 bits per heavy atom. The molecule has 3 aromatic rings. The van der Waals surface area contributed by atoms with Gasteiger partial charge in [-0.15, -0.1) is 0 Å². The summed E-state index contributed by atoms with van der Waals surface area (Å²) in [7, 11) is 0. The minimum absolute atomic E-state index is 0.140. The van der Waals surface area contributed by atoms with Crippen LogP contribution in [0.15, 0.2) is 59.4 Å². The van der Waals surface area contributed by atoms with Crippen LogP contribution in [0.1, 0.15) is 30.5 Å². The highest BCUT2D eigenvalue weighted by atomic mass is 16.1. The number of nitrogens with one attached hydrogen (secondary N) is 1. The number of hydrogen-bond donors (Lipinski definition) is 1. The van der Waals surface area contributed by atoms with Gasteiger partial charge in [0.05, 0.1) is 11.4 Å². The molecule has 0 radical (unpaired) electrons. The zero-order valence-corrected chi connectivity index (χ0v) is 15.7. The number of benzene rings is 2. The highest BCUT2D eigenvalue weighted by molar-refractivity contribution is 5.77. The molecular weight excluding hydrogens is 334 g/mol. The summed E-state index contributed by atoms with van der Waals surface area (Å²) in [5.41, 5.74) is 5.26. The Labute approximate surface area is 159 Å². The molecule has 2 aromatic carbocycles. The first-order chi connectivity index (χ1) is 13.2. The first-order valence-electron chi connectivity index (χ1n) is 9.69. The van der Waals surface area contributed by atoms with Crippen molar-refractivity contribution >= 4 is 0 Å². The van der Waals surface area contributed by atoms with E-state index in [4.69, 9.17) is 0 Å². The third kappa shape index (κ3) is 4.01. The van der Waals surface area contributed by atoms with Gasteiger partial charge in [0.25, 0.3) is 5.56 Å². The largest absolute Gasteiger partial charge is 0.319 e. The highest BCUT2D eigenvalue weighted by Gasteiger charge is 2.14. The lowest BCUT2D eigenvalue weighted by atomic mass is 10.0. The van der Waals surface area contributed by atoms with Gasteiger partial charge in [0, 0.05) is 17.7 Å². The summed E-state index contributed by atoms with van der Waals surface area (Å²) in [5.74, 6) is 0. The van der Waals surface area contributed by atoms with Crippen LogP contribution in [0.25, 0.3) is 22.5 Å². The van der Waals surface area contributed by atoms with E-state index >= 15 is 0 Å². The second-order valence-electron chi connectivity index (χ2n) is 7.27. The molecule has 1 saturated heterocycles. The van der Waals surface area contributed by atoms with Gasteiger partial charge in [-0.2, -0.15) is 0 Å². The van der Waals surface area contributed by atoms with Crippen molar-refractivity contribution in [2.75, 3.05) is 13.1 Å². The molecule has 0 unspecified atom stereocenters. The van der Waals surface area contributed by atoms with Gasteiger partial charge in [-0.1, -0.05) is 61.0 Å². The molecule has 1 aromatic heterocycles. The molecule has 4 rings (SSSR count). The summed E-state index contributed by atoms with van der Waals surface area (Å²) in [6.45, 7) is 5.15. The van der Waals surface area contributed by atoms with Crippen LogP contribution in [0.2, 0.25) is 0 Å². The average molecular weight is 359 g/mol. The van der Waals surface area contributed by atoms with E-state index in [0.29, 0.717) is 5.69 Å². The van der Waals surface area contributed by atoms with Crippen molar-refractivity contribution in [1.29, 1.82) is 0 Å². The maximum atomic E-state index is 12.1. The summed E-state index contributed by atoms with van der Waals surface area (Å²) < 4.78 is 0. The first-order valence-corrected chi connectivity index (χ1v) is 9.69. The summed E-state index contributed by atoms with van der Waals surface area (Å²) >= 11 is 0. The molecule has 0 aliphatic carbocycles. The van der Waals surface area contributed by atoms with Crippen molar-refractivity contribution in [3.8, 4) is 22.5 Å². The van der Waals surface area contributed by atoms with Crippen molar-refractivity contribution in [2.24, 2.45) is 0 Å². The van der Waals surface area contributed by atoms with Gasteiger partial charge in [-0.05, 0) is 38.4 Å². The van der Waals surface area contributed by atoms with E-state index in [1.807, 2.05) is 30.3 Å². The number of rotatable bonds is 4. The minimum Gasteiger partial charge on any atom is -0.319 e. The second-order valence-corrected chi connectivity index (χ2v) is 7.27. The van der Waals surface area contributed by atoms with Gasteiger partial charge in [-0.25, -0.2) is 4.98 Å². The zero-order chi connectivity index (χ0) is 18.6. The van der Waals surface area contributed by atoms with Crippen LogP contribution in [0.4, 0.5) is 0 Å². The molecule has 4 nitrogen and oxygen atoms in total. The van der Waals surface area contributed by atoms with E-state index in [2.05, 4.69) is 39.1 Å². The fourth-order valence-corrected chi connectivity index (χ4v) is 3.70. The second kappa shape index (κ2) is 7.89. The molecule has 0 bridgehead atoms. The van der Waals surface area contributed by atoms with Crippen LogP contribution in [0.5, 0.6) is 0 Å². The molecule has 1 N–H and O–H groups in total. The van der Waals surface area contributed by atoms with Crippen molar-refractivity contribution < 1.29 is 0 Å². The van der Waals surface area contributed by atoms with Crippen LogP contribution in [0.3, 0.4) is 0 Å². The topological polar surface area (TPSA) is 49.0 Å². The molecule has 1 aliphatic heterocycles. The van der Waals surface area contributed by atoms with Gasteiger partial charge in [0.1, 0.15) is 5.69 Å². The van der Waals surface area contributed by atoms with Gasteiger partial charge >= 0.3 is 0 Å². The number of likely N-dealkylation sites (tertiary alicyclic amines) is 1. The van der Waals surface area contributed by atoms with Crippen LogP contribution in [-0.2, 0) is 6.54 Å². The van der Waals surface area contributed by atoms with Gasteiger partial charge in [0.2, 0.25) is 0 Å². The summed E-state index contributed by atoms with van der Waals surface area (Å²) in [5, 5.41) is 0. The fraction of sp³-hybridized carbons (Fsp3) is 0.304. The van der Waals surface area contributed by atoms with Gasteiger partial charge in [-0.3, -0.25) is 9.69 Å². The van der Waals surface area contributed by atoms with Crippen molar-refractivity contribution in [1.82, 2.24) is 14.9 Å². The number of aromatic amines is 1. The third-order valence-corrected chi connectivity index (χ3v) is 5.23. The Hall–Kier alpha value is -2.72. The maximum absolute atomic E-state index is 12.1. The fourth-order valence-electron chi connectivity index (χ4n) is 3.70. The number of hydrogen-bond acceptors (Lipinski definition) is 3. The predicted molar refractivity (Wildman–Crippen MR) is 110 cm³/mol. The Morgan fingerprint density at radius 1 is 0.926 bits per heavy atom. The molecular formula is C23H25N3O. The monoisotopic (exact) mass is 359 g/mol. The molecule has 138 valence electrons. The van der Waals surface area contributed by atoms with Crippen molar-refractivity contribution in [3.63, 3.8) is 0 Å². The maximum Gasteiger partial charge on any atom is 0.269 e. The molecule has 4 heteroatoms. The minimum atomic E-state index is -0.140. The number of H-pyrrole nitrogens is 1. The van der Waals surface area contributed by atoms with E-state index in [0.717, 1.165) is 29.1 Å². The highest BCUT2D eigenvalue weighted by Crippen LogP contribution is 2.28. The quantitative estimate of drug-likeness (QED) is 0.751. The molecule has 0 spiro atoms. The van der Waals surface area contributed by atoms with E-state index < -0.39 is 0 Å². The predicted octanol–water partition coefficient (Wildman–Crippen LogP) is 4.40. The molecule has 2 heterocycles. The summed E-state index contributed by atoms with van der Waals surface area (Å²) in [6.07, 6.45) is 3.97. The molecule has 27 heavy (non-hydrogen) atoms. The van der Waals surface area contributed by atoms with E-state index in [-0.39, 0.29) is 5.56 Å². The number of aryl methyl sites for hydroxylation is 1. The first kappa shape index (κ1) is 17.7. The Balaban J connectivity index is 1.66. The van der Waals surface area contributed by atoms with Gasteiger partial charge < -0.3 is 4.98 Å². The van der Waals surface area contributed by atoms with E-state index in [1.54, 1.807) is 6.92 Å². The molecule has 1 fully saturated rings. The van der Waals surface area contributed by atoms with Gasteiger partial charge in [0.15, 0.2) is 0 Å². The lowest BCUT2D eigenvalue weighted by molar-refractivity contribution is 0.221. The smallest absolute Gasteiger partial charge is 0.269 e. The van der Waals surface area contributed by atoms with Crippen molar-refractivity contribution in [2.45, 2.75) is 32.7 Å².